The number of hydrogen-bond acceptors (Lipinski definition) is 3. The van der Waals surface area contributed by atoms with Gasteiger partial charge in [-0.2, -0.15) is 0 Å². The second kappa shape index (κ2) is 3.78. The van der Waals surface area contributed by atoms with E-state index in [1.54, 1.807) is 10.7 Å². The van der Waals surface area contributed by atoms with E-state index in [4.69, 9.17) is 0 Å². The van der Waals surface area contributed by atoms with Crippen molar-refractivity contribution in [1.29, 1.82) is 0 Å². The molecule has 0 amide bonds. The Labute approximate surface area is 91.9 Å². The zero-order valence-corrected chi connectivity index (χ0v) is 9.88. The Balaban J connectivity index is 2.55. The van der Waals surface area contributed by atoms with E-state index in [2.05, 4.69) is 26.0 Å². The Hall–Kier alpha value is -0.750. The average Bonchev–Trinajstić information content (AvgIpc) is 2.55. The molecule has 0 N–H and O–H groups in total. The molecule has 14 heavy (non-hydrogen) atoms. The summed E-state index contributed by atoms with van der Waals surface area (Å²) in [7, 11) is -1.10. The molecule has 1 unspecified atom stereocenters. The smallest absolute Gasteiger partial charge is 0.237 e. The fourth-order valence-corrected chi connectivity index (χ4v) is 2.13. The fraction of sp³-hybridized carbons (Fsp3) is 0.250. The lowest BCUT2D eigenvalue weighted by atomic mass is 10.5. The van der Waals surface area contributed by atoms with Crippen molar-refractivity contribution in [3.63, 3.8) is 0 Å². The van der Waals surface area contributed by atoms with Gasteiger partial charge in [-0.05, 0) is 22.0 Å². The van der Waals surface area contributed by atoms with E-state index >= 15 is 0 Å². The van der Waals surface area contributed by atoms with Gasteiger partial charge in [0.05, 0.1) is 22.5 Å². The van der Waals surface area contributed by atoms with Gasteiger partial charge in [-0.25, -0.2) is 9.50 Å². The van der Waals surface area contributed by atoms with E-state index in [9.17, 15) is 4.21 Å². The van der Waals surface area contributed by atoms with Gasteiger partial charge in [-0.3, -0.25) is 4.21 Å². The number of halogens is 1. The van der Waals surface area contributed by atoms with Crippen molar-refractivity contribution in [2.24, 2.45) is 0 Å². The molecule has 74 valence electrons. The lowest BCUT2D eigenvalue weighted by Crippen LogP contribution is -2.04. The van der Waals surface area contributed by atoms with Gasteiger partial charge in [-0.1, -0.05) is 6.92 Å². The Morgan fingerprint density at radius 2 is 2.43 bits per heavy atom. The van der Waals surface area contributed by atoms with E-state index in [0.29, 0.717) is 10.9 Å². The molecule has 2 rings (SSSR count). The molecule has 0 fully saturated rings. The third kappa shape index (κ3) is 1.72. The topological polar surface area (TPSA) is 47.3 Å². The number of nitrogens with zero attached hydrogens (tertiary/aromatic N) is 3. The standard InChI is InChI=1S/C8H8BrN3OS/c1-2-14(13)8-10-4-7-3-6(9)5-12(7)11-8/h3-5H,2H2,1H3. The van der Waals surface area contributed by atoms with E-state index in [-0.39, 0.29) is 0 Å². The van der Waals surface area contributed by atoms with Crippen LogP contribution in [0.1, 0.15) is 6.92 Å². The minimum Gasteiger partial charge on any atom is -0.251 e. The van der Waals surface area contributed by atoms with Crippen LogP contribution in [-0.4, -0.2) is 24.6 Å². The second-order valence-electron chi connectivity index (χ2n) is 2.70. The lowest BCUT2D eigenvalue weighted by molar-refractivity contribution is 0.668. The highest BCUT2D eigenvalue weighted by molar-refractivity contribution is 9.10. The van der Waals surface area contributed by atoms with Crippen LogP contribution in [0.15, 0.2) is 28.1 Å². The van der Waals surface area contributed by atoms with Crippen molar-refractivity contribution in [3.8, 4) is 0 Å². The normalized spacial score (nSPS) is 13.3. The molecule has 1 atom stereocenters. The minimum atomic E-state index is -1.10. The number of fused-ring (bicyclic) bond motifs is 1. The Morgan fingerprint density at radius 3 is 3.14 bits per heavy atom. The Kier molecular flexibility index (Phi) is 2.64. The second-order valence-corrected chi connectivity index (χ2v) is 5.25. The van der Waals surface area contributed by atoms with Crippen LogP contribution in [0.2, 0.25) is 0 Å². The van der Waals surface area contributed by atoms with Gasteiger partial charge in [0.25, 0.3) is 0 Å². The van der Waals surface area contributed by atoms with E-state index in [1.807, 2.05) is 19.2 Å². The van der Waals surface area contributed by atoms with E-state index in [0.717, 1.165) is 9.99 Å². The van der Waals surface area contributed by atoms with Crippen LogP contribution in [0, 0.1) is 0 Å². The summed E-state index contributed by atoms with van der Waals surface area (Å²) in [5.41, 5.74) is 0.883. The first-order valence-electron chi connectivity index (χ1n) is 4.10. The van der Waals surface area contributed by atoms with Gasteiger partial charge in [0.2, 0.25) is 5.16 Å². The van der Waals surface area contributed by atoms with Gasteiger partial charge < -0.3 is 0 Å². The quantitative estimate of drug-likeness (QED) is 0.836. The summed E-state index contributed by atoms with van der Waals surface area (Å²) in [5, 5.41) is 4.52. The monoisotopic (exact) mass is 273 g/mol. The Morgan fingerprint density at radius 1 is 1.64 bits per heavy atom. The molecular formula is C8H8BrN3OS. The first-order chi connectivity index (χ1) is 6.70. The molecule has 0 aromatic carbocycles. The van der Waals surface area contributed by atoms with Crippen LogP contribution in [0.25, 0.3) is 5.52 Å². The van der Waals surface area contributed by atoms with Gasteiger partial charge in [0.1, 0.15) is 0 Å². The first-order valence-corrected chi connectivity index (χ1v) is 6.21. The highest BCUT2D eigenvalue weighted by Crippen LogP contribution is 2.14. The molecule has 2 heterocycles. The predicted molar refractivity (Wildman–Crippen MR) is 57.6 cm³/mol. The van der Waals surface area contributed by atoms with Crippen molar-refractivity contribution in [1.82, 2.24) is 14.6 Å². The van der Waals surface area contributed by atoms with Crippen LogP contribution >= 0.6 is 15.9 Å². The molecule has 0 aliphatic rings. The largest absolute Gasteiger partial charge is 0.251 e. The van der Waals surface area contributed by atoms with Gasteiger partial charge in [0, 0.05) is 16.4 Å². The minimum absolute atomic E-state index is 0.378. The maximum atomic E-state index is 11.4. The molecule has 0 aliphatic heterocycles. The zero-order valence-electron chi connectivity index (χ0n) is 7.48. The summed E-state index contributed by atoms with van der Waals surface area (Å²) in [4.78, 5) is 4.04. The van der Waals surface area contributed by atoms with Crippen LogP contribution < -0.4 is 0 Å². The highest BCUT2D eigenvalue weighted by Gasteiger charge is 2.06. The van der Waals surface area contributed by atoms with Gasteiger partial charge in [0.15, 0.2) is 0 Å². The maximum absolute atomic E-state index is 11.4. The molecule has 0 radical (unpaired) electrons. The van der Waals surface area contributed by atoms with Crippen LogP contribution in [0.4, 0.5) is 0 Å². The molecule has 0 bridgehead atoms. The fourth-order valence-electron chi connectivity index (χ4n) is 1.09. The van der Waals surface area contributed by atoms with Crippen LogP contribution in [0.5, 0.6) is 0 Å². The number of rotatable bonds is 2. The zero-order chi connectivity index (χ0) is 10.1. The Bertz CT molecular complexity index is 496. The summed E-state index contributed by atoms with van der Waals surface area (Å²) in [6, 6.07) is 1.90. The van der Waals surface area contributed by atoms with Crippen molar-refractivity contribution in [2.45, 2.75) is 12.1 Å². The maximum Gasteiger partial charge on any atom is 0.237 e. The molecule has 4 nitrogen and oxygen atoms in total. The van der Waals surface area contributed by atoms with Crippen molar-refractivity contribution >= 4 is 32.2 Å². The third-order valence-corrected chi connectivity index (χ3v) is 3.31. The van der Waals surface area contributed by atoms with Crippen molar-refractivity contribution in [3.05, 3.63) is 22.9 Å². The number of hydrogen-bond donors (Lipinski definition) is 0. The molecule has 2 aromatic rings. The summed E-state index contributed by atoms with van der Waals surface area (Å²) in [5.74, 6) is 0.536. The van der Waals surface area contributed by atoms with Crippen molar-refractivity contribution < 1.29 is 4.21 Å². The molecule has 6 heteroatoms. The SMILES string of the molecule is CCS(=O)c1ncc2cc(Br)cn2n1. The first kappa shape index (κ1) is 9.79. The van der Waals surface area contributed by atoms with Crippen LogP contribution in [-0.2, 0) is 10.8 Å². The summed E-state index contributed by atoms with van der Waals surface area (Å²) < 4.78 is 14.0. The molecule has 0 saturated carbocycles. The van der Waals surface area contributed by atoms with Crippen molar-refractivity contribution in [2.75, 3.05) is 5.75 Å². The van der Waals surface area contributed by atoms with E-state index < -0.39 is 10.8 Å². The molecular weight excluding hydrogens is 266 g/mol. The third-order valence-electron chi connectivity index (χ3n) is 1.76. The molecule has 0 aliphatic carbocycles. The summed E-state index contributed by atoms with van der Waals surface area (Å²) >= 11 is 3.34. The highest BCUT2D eigenvalue weighted by atomic mass is 79.9. The van der Waals surface area contributed by atoms with Gasteiger partial charge >= 0.3 is 0 Å². The predicted octanol–water partition coefficient (Wildman–Crippen LogP) is 1.62. The van der Waals surface area contributed by atoms with E-state index in [1.165, 1.54) is 0 Å². The van der Waals surface area contributed by atoms with Gasteiger partial charge in [-0.15, -0.1) is 5.10 Å². The van der Waals surface area contributed by atoms with Crippen LogP contribution in [0.3, 0.4) is 0 Å². The molecule has 2 aromatic heterocycles. The molecule has 0 saturated heterocycles. The molecule has 0 spiro atoms. The summed E-state index contributed by atoms with van der Waals surface area (Å²) in [6.45, 7) is 1.84. The average molecular weight is 274 g/mol. The lowest BCUT2D eigenvalue weighted by Gasteiger charge is -1.97. The summed E-state index contributed by atoms with van der Waals surface area (Å²) in [6.07, 6.45) is 3.48. The number of aromatic nitrogens is 3.